The molecule has 0 aliphatic heterocycles. The third kappa shape index (κ3) is 5.58. The third-order valence-electron chi connectivity index (χ3n) is 3.68. The molecule has 0 aliphatic carbocycles. The topological polar surface area (TPSA) is 113 Å². The molecular weight excluding hydrogens is 348 g/mol. The highest BCUT2D eigenvalue weighted by molar-refractivity contribution is 5.74. The second-order valence-electron chi connectivity index (χ2n) is 5.66. The number of rotatable bonds is 10. The van der Waals surface area contributed by atoms with Crippen LogP contribution in [0.3, 0.4) is 0 Å². The van der Waals surface area contributed by atoms with Crippen molar-refractivity contribution in [3.8, 4) is 17.0 Å². The molecule has 0 aliphatic rings. The van der Waals surface area contributed by atoms with Crippen molar-refractivity contribution in [3.05, 3.63) is 42.6 Å². The van der Waals surface area contributed by atoms with E-state index in [-0.39, 0.29) is 6.61 Å². The highest BCUT2D eigenvalue weighted by atomic mass is 16.5. The van der Waals surface area contributed by atoms with Gasteiger partial charge < -0.3 is 25.1 Å². The molecule has 3 N–H and O–H groups in total. The molecule has 3 aromatic rings. The maximum Gasteiger partial charge on any atom is 0.180 e. The predicted octanol–water partition coefficient (Wildman–Crippen LogP) is 1.68. The summed E-state index contributed by atoms with van der Waals surface area (Å²) < 4.78 is 16.1. The van der Waals surface area contributed by atoms with Gasteiger partial charge in [0.25, 0.3) is 0 Å². The number of nitrogens with zero attached hydrogens (tertiary/aromatic N) is 3. The van der Waals surface area contributed by atoms with Crippen LogP contribution in [0.2, 0.25) is 0 Å². The van der Waals surface area contributed by atoms with Crippen molar-refractivity contribution in [1.29, 1.82) is 0 Å². The molecule has 0 amide bonds. The fraction of sp³-hybridized carbons (Fsp3) is 0.316. The number of nitrogen functional groups attached to an aromatic ring is 1. The van der Waals surface area contributed by atoms with E-state index in [0.717, 1.165) is 17.0 Å². The molecule has 0 fully saturated rings. The third-order valence-corrected chi connectivity index (χ3v) is 3.68. The summed E-state index contributed by atoms with van der Waals surface area (Å²) in [7, 11) is 0. The van der Waals surface area contributed by atoms with Crippen molar-refractivity contribution in [2.24, 2.45) is 0 Å². The van der Waals surface area contributed by atoms with Crippen LogP contribution >= 0.6 is 0 Å². The lowest BCUT2D eigenvalue weighted by molar-refractivity contribution is 0.0247. The maximum atomic E-state index is 8.58. The maximum absolute atomic E-state index is 8.58. The second kappa shape index (κ2) is 9.77. The molecule has 0 saturated heterocycles. The van der Waals surface area contributed by atoms with Gasteiger partial charge >= 0.3 is 0 Å². The summed E-state index contributed by atoms with van der Waals surface area (Å²) in [5.74, 6) is 1.16. The van der Waals surface area contributed by atoms with Gasteiger partial charge in [0.05, 0.1) is 44.9 Å². The van der Waals surface area contributed by atoms with Gasteiger partial charge in [0.15, 0.2) is 5.65 Å². The van der Waals surface area contributed by atoms with Crippen molar-refractivity contribution in [2.45, 2.75) is 0 Å². The first-order valence-electron chi connectivity index (χ1n) is 8.65. The highest BCUT2D eigenvalue weighted by Gasteiger charge is 2.05. The molecule has 3 rings (SSSR count). The summed E-state index contributed by atoms with van der Waals surface area (Å²) in [6, 6.07) is 11.1. The molecule has 2 aromatic heterocycles. The zero-order valence-corrected chi connectivity index (χ0v) is 14.9. The summed E-state index contributed by atoms with van der Waals surface area (Å²) in [5, 5.41) is 8.58. The van der Waals surface area contributed by atoms with Gasteiger partial charge in [-0.2, -0.15) is 0 Å². The van der Waals surface area contributed by atoms with E-state index < -0.39 is 0 Å². The van der Waals surface area contributed by atoms with Gasteiger partial charge in [0, 0.05) is 5.56 Å². The predicted molar refractivity (Wildman–Crippen MR) is 101 cm³/mol. The van der Waals surface area contributed by atoms with Crippen LogP contribution < -0.4 is 10.5 Å². The van der Waals surface area contributed by atoms with Crippen LogP contribution in [0.15, 0.2) is 42.6 Å². The van der Waals surface area contributed by atoms with Crippen molar-refractivity contribution in [2.75, 3.05) is 45.4 Å². The van der Waals surface area contributed by atoms with Gasteiger partial charge in [-0.15, -0.1) is 0 Å². The number of hydrogen-bond donors (Lipinski definition) is 2. The first kappa shape index (κ1) is 19.0. The van der Waals surface area contributed by atoms with Crippen LogP contribution in [0.4, 0.5) is 5.82 Å². The van der Waals surface area contributed by atoms with Crippen LogP contribution in [0, 0.1) is 0 Å². The molecule has 0 atom stereocenters. The molecular formula is C19H22N4O4. The van der Waals surface area contributed by atoms with E-state index in [1.54, 1.807) is 18.3 Å². The number of nitrogens with two attached hydrogens (primary N) is 1. The summed E-state index contributed by atoms with van der Waals surface area (Å²) in [4.78, 5) is 13.1. The Morgan fingerprint density at radius 3 is 2.37 bits per heavy atom. The number of benzene rings is 1. The molecule has 1 aromatic carbocycles. The van der Waals surface area contributed by atoms with Crippen molar-refractivity contribution in [3.63, 3.8) is 0 Å². The Morgan fingerprint density at radius 1 is 0.852 bits per heavy atom. The van der Waals surface area contributed by atoms with E-state index in [9.17, 15) is 0 Å². The smallest absolute Gasteiger partial charge is 0.180 e. The van der Waals surface area contributed by atoms with Gasteiger partial charge in [-0.05, 0) is 36.4 Å². The van der Waals surface area contributed by atoms with Crippen molar-refractivity contribution in [1.82, 2.24) is 15.0 Å². The number of hydrogen-bond acceptors (Lipinski definition) is 8. The van der Waals surface area contributed by atoms with Gasteiger partial charge in [-0.1, -0.05) is 0 Å². The zero-order chi connectivity index (χ0) is 18.9. The van der Waals surface area contributed by atoms with E-state index in [0.29, 0.717) is 50.0 Å². The Kier molecular flexibility index (Phi) is 6.86. The van der Waals surface area contributed by atoms with Gasteiger partial charge in [-0.3, -0.25) is 4.98 Å². The lowest BCUT2D eigenvalue weighted by Crippen LogP contribution is -2.11. The Hall–Kier alpha value is -2.81. The van der Waals surface area contributed by atoms with Gasteiger partial charge in [0.2, 0.25) is 0 Å². The van der Waals surface area contributed by atoms with Gasteiger partial charge in [-0.25, -0.2) is 9.97 Å². The van der Waals surface area contributed by atoms with E-state index in [4.69, 9.17) is 25.1 Å². The van der Waals surface area contributed by atoms with E-state index in [2.05, 4.69) is 15.0 Å². The number of ether oxygens (including phenoxy) is 3. The highest BCUT2D eigenvalue weighted by Crippen LogP contribution is 2.22. The molecule has 0 unspecified atom stereocenters. The number of aliphatic hydroxyl groups excluding tert-OH is 1. The zero-order valence-electron chi connectivity index (χ0n) is 14.9. The fourth-order valence-corrected chi connectivity index (χ4v) is 2.38. The molecule has 0 radical (unpaired) electrons. The monoisotopic (exact) mass is 370 g/mol. The number of aliphatic hydroxyl groups is 1. The minimum absolute atomic E-state index is 0.0223. The van der Waals surface area contributed by atoms with Crippen molar-refractivity contribution < 1.29 is 19.3 Å². The summed E-state index contributed by atoms with van der Waals surface area (Å²) >= 11 is 0. The van der Waals surface area contributed by atoms with Crippen LogP contribution in [-0.2, 0) is 9.47 Å². The molecule has 0 spiro atoms. The quantitative estimate of drug-likeness (QED) is 0.518. The molecule has 2 heterocycles. The first-order chi connectivity index (χ1) is 13.3. The Labute approximate surface area is 156 Å². The van der Waals surface area contributed by atoms with E-state index >= 15 is 0 Å². The second-order valence-corrected chi connectivity index (χ2v) is 5.66. The normalized spacial score (nSPS) is 11.0. The minimum Gasteiger partial charge on any atom is -0.491 e. The van der Waals surface area contributed by atoms with Crippen LogP contribution in [-0.4, -0.2) is 59.7 Å². The molecule has 27 heavy (non-hydrogen) atoms. The number of aromatic nitrogens is 3. The number of fused-ring (bicyclic) bond motifs is 1. The fourth-order valence-electron chi connectivity index (χ4n) is 2.38. The lowest BCUT2D eigenvalue weighted by Gasteiger charge is -2.08. The van der Waals surface area contributed by atoms with Crippen LogP contribution in [0.5, 0.6) is 5.75 Å². The number of pyridine rings is 1. The standard InChI is InChI=1S/C19H22N4O4/c20-18-6-5-16-19(23-18)22-17(13-21-16)14-1-3-15(4-2-14)27-12-11-26-10-9-25-8-7-24/h1-6,13,24H,7-12H2,(H2,20,22,23). The largest absolute Gasteiger partial charge is 0.491 e. The molecule has 142 valence electrons. The first-order valence-corrected chi connectivity index (χ1v) is 8.65. The summed E-state index contributed by atoms with van der Waals surface area (Å²) in [6.07, 6.45) is 1.71. The lowest BCUT2D eigenvalue weighted by atomic mass is 10.1. The molecule has 0 saturated carbocycles. The van der Waals surface area contributed by atoms with E-state index in [1.165, 1.54) is 0 Å². The molecule has 0 bridgehead atoms. The summed E-state index contributed by atoms with van der Waals surface area (Å²) in [6.45, 7) is 2.20. The van der Waals surface area contributed by atoms with Crippen LogP contribution in [0.25, 0.3) is 22.4 Å². The van der Waals surface area contributed by atoms with Crippen LogP contribution in [0.1, 0.15) is 0 Å². The Balaban J connectivity index is 1.50. The molecule has 8 heteroatoms. The average Bonchev–Trinajstić information content (AvgIpc) is 2.70. The SMILES string of the molecule is Nc1ccc2ncc(-c3ccc(OCCOCCOCCO)cc3)nc2n1. The van der Waals surface area contributed by atoms with E-state index in [1.807, 2.05) is 24.3 Å². The molecule has 8 nitrogen and oxygen atoms in total. The Morgan fingerprint density at radius 2 is 1.59 bits per heavy atom. The average molecular weight is 370 g/mol. The Bertz CT molecular complexity index is 858. The van der Waals surface area contributed by atoms with Gasteiger partial charge in [0.1, 0.15) is 23.7 Å². The minimum atomic E-state index is 0.0223. The van der Waals surface area contributed by atoms with Crippen molar-refractivity contribution >= 4 is 17.0 Å². The summed E-state index contributed by atoms with van der Waals surface area (Å²) in [5.41, 5.74) is 8.57. The number of anilines is 1.